The number of amides is 1. The van der Waals surface area contributed by atoms with E-state index >= 15 is 0 Å². The number of rotatable bonds is 6. The number of nitrogens with one attached hydrogen (secondary N) is 1. The second kappa shape index (κ2) is 8.05. The van der Waals surface area contributed by atoms with E-state index in [1.165, 1.54) is 0 Å². The number of hydrogen-bond donors (Lipinski definition) is 1. The highest BCUT2D eigenvalue weighted by atomic mass is 35.5. The lowest BCUT2D eigenvalue weighted by Crippen LogP contribution is -2.30. The molecule has 3 rings (SSSR count). The summed E-state index contributed by atoms with van der Waals surface area (Å²) in [7, 11) is 1.76. The molecule has 0 aliphatic heterocycles. The number of carbonyl (C=O) groups excluding carboxylic acids is 2. The molecule has 0 bridgehead atoms. The Hall–Kier alpha value is -3.12. The minimum atomic E-state index is -0.711. The van der Waals surface area contributed by atoms with Gasteiger partial charge in [0.1, 0.15) is 5.75 Å². The summed E-state index contributed by atoms with van der Waals surface area (Å²) < 4.78 is 7.25. The third-order valence-electron chi connectivity index (χ3n) is 3.92. The molecular formula is C20H18ClN3O3. The molecule has 27 heavy (non-hydrogen) atoms. The third-order valence-corrected chi connectivity index (χ3v) is 4.15. The zero-order valence-corrected chi connectivity index (χ0v) is 15.6. The number of aromatic nitrogens is 2. The van der Waals surface area contributed by atoms with Gasteiger partial charge in [-0.25, -0.2) is 4.98 Å². The first-order valence-corrected chi connectivity index (χ1v) is 8.67. The standard InChI is InChI=1S/C20H18ClN3O3/c1-13(27-17-5-3-4-15(21)12-17)20(26)23-16-8-6-14(7-9-16)18(25)19-22-10-11-24(19)2/h3-13H,1-2H3,(H,23,26). The molecule has 0 radical (unpaired) electrons. The van der Waals surface area contributed by atoms with E-state index in [1.807, 2.05) is 0 Å². The van der Waals surface area contributed by atoms with Crippen molar-refractivity contribution in [1.29, 1.82) is 0 Å². The van der Waals surface area contributed by atoms with Crippen LogP contribution in [0.1, 0.15) is 23.1 Å². The first-order chi connectivity index (χ1) is 12.9. The molecule has 1 heterocycles. The molecular weight excluding hydrogens is 366 g/mol. The molecule has 138 valence electrons. The van der Waals surface area contributed by atoms with E-state index in [2.05, 4.69) is 10.3 Å². The van der Waals surface area contributed by atoms with Gasteiger partial charge in [0.25, 0.3) is 5.91 Å². The van der Waals surface area contributed by atoms with Gasteiger partial charge in [-0.2, -0.15) is 0 Å². The van der Waals surface area contributed by atoms with Gasteiger partial charge in [-0.05, 0) is 49.4 Å². The van der Waals surface area contributed by atoms with Crippen molar-refractivity contribution in [1.82, 2.24) is 9.55 Å². The van der Waals surface area contributed by atoms with Crippen LogP contribution in [-0.4, -0.2) is 27.3 Å². The molecule has 1 aromatic heterocycles. The van der Waals surface area contributed by atoms with Gasteiger partial charge in [-0.15, -0.1) is 0 Å². The average molecular weight is 384 g/mol. The van der Waals surface area contributed by atoms with Crippen LogP contribution in [0.5, 0.6) is 5.75 Å². The van der Waals surface area contributed by atoms with Crippen molar-refractivity contribution in [2.75, 3.05) is 5.32 Å². The summed E-state index contributed by atoms with van der Waals surface area (Å²) in [5.74, 6) is 0.382. The van der Waals surface area contributed by atoms with E-state index in [0.717, 1.165) is 0 Å². The Bertz CT molecular complexity index is 967. The number of benzene rings is 2. The molecule has 1 atom stereocenters. The maximum atomic E-state index is 12.4. The largest absolute Gasteiger partial charge is 0.481 e. The highest BCUT2D eigenvalue weighted by molar-refractivity contribution is 6.30. The van der Waals surface area contributed by atoms with E-state index in [0.29, 0.717) is 27.8 Å². The molecule has 3 aromatic rings. The maximum absolute atomic E-state index is 12.4. The Morgan fingerprint density at radius 3 is 2.56 bits per heavy atom. The van der Waals surface area contributed by atoms with Crippen LogP contribution in [0.15, 0.2) is 60.9 Å². The molecule has 0 spiro atoms. The average Bonchev–Trinajstić information content (AvgIpc) is 3.07. The first kappa shape index (κ1) is 18.7. The predicted octanol–water partition coefficient (Wildman–Crippen LogP) is 3.71. The Morgan fingerprint density at radius 1 is 1.19 bits per heavy atom. The van der Waals surface area contributed by atoms with E-state index < -0.39 is 6.10 Å². The Balaban J connectivity index is 1.63. The summed E-state index contributed by atoms with van der Waals surface area (Å²) in [4.78, 5) is 28.8. The molecule has 0 saturated heterocycles. The van der Waals surface area contributed by atoms with Crippen molar-refractivity contribution in [3.05, 3.63) is 77.3 Å². The van der Waals surface area contributed by atoms with Crippen molar-refractivity contribution in [2.24, 2.45) is 7.05 Å². The molecule has 0 saturated carbocycles. The van der Waals surface area contributed by atoms with E-state index in [1.54, 1.807) is 79.5 Å². The molecule has 6 nitrogen and oxygen atoms in total. The molecule has 1 N–H and O–H groups in total. The van der Waals surface area contributed by atoms with E-state index in [-0.39, 0.29) is 11.7 Å². The van der Waals surface area contributed by atoms with Gasteiger partial charge in [0.15, 0.2) is 11.9 Å². The lowest BCUT2D eigenvalue weighted by molar-refractivity contribution is -0.122. The minimum Gasteiger partial charge on any atom is -0.481 e. The number of nitrogens with zero attached hydrogens (tertiary/aromatic N) is 2. The van der Waals surface area contributed by atoms with E-state index in [9.17, 15) is 9.59 Å². The van der Waals surface area contributed by atoms with Crippen molar-refractivity contribution >= 4 is 29.0 Å². The summed E-state index contributed by atoms with van der Waals surface area (Å²) in [6, 6.07) is 13.5. The second-order valence-corrected chi connectivity index (χ2v) is 6.41. The zero-order chi connectivity index (χ0) is 19.4. The number of carbonyl (C=O) groups is 2. The van der Waals surface area contributed by atoms with Gasteiger partial charge in [0.2, 0.25) is 5.78 Å². The normalized spacial score (nSPS) is 11.7. The van der Waals surface area contributed by atoms with Gasteiger partial charge >= 0.3 is 0 Å². The van der Waals surface area contributed by atoms with Crippen LogP contribution in [0.3, 0.4) is 0 Å². The molecule has 1 unspecified atom stereocenters. The maximum Gasteiger partial charge on any atom is 0.265 e. The minimum absolute atomic E-state index is 0.182. The van der Waals surface area contributed by atoms with E-state index in [4.69, 9.17) is 16.3 Å². The van der Waals surface area contributed by atoms with Crippen molar-refractivity contribution in [2.45, 2.75) is 13.0 Å². The number of hydrogen-bond acceptors (Lipinski definition) is 4. The summed E-state index contributed by atoms with van der Waals surface area (Å²) >= 11 is 5.91. The molecule has 1 amide bonds. The molecule has 0 aliphatic carbocycles. The van der Waals surface area contributed by atoms with Crippen molar-refractivity contribution in [3.63, 3.8) is 0 Å². The van der Waals surface area contributed by atoms with Crippen LogP contribution < -0.4 is 10.1 Å². The number of ketones is 1. The summed E-state index contributed by atoms with van der Waals surface area (Å²) in [6.07, 6.45) is 2.57. The number of aryl methyl sites for hydroxylation is 1. The van der Waals surface area contributed by atoms with Gasteiger partial charge < -0.3 is 14.6 Å². The Morgan fingerprint density at radius 2 is 1.93 bits per heavy atom. The Kier molecular flexibility index (Phi) is 5.57. The van der Waals surface area contributed by atoms with Gasteiger partial charge in [0.05, 0.1) is 0 Å². The summed E-state index contributed by atoms with van der Waals surface area (Å²) in [5, 5.41) is 3.30. The second-order valence-electron chi connectivity index (χ2n) is 5.97. The predicted molar refractivity (Wildman–Crippen MR) is 103 cm³/mol. The highest BCUT2D eigenvalue weighted by Crippen LogP contribution is 2.19. The van der Waals surface area contributed by atoms with Crippen LogP contribution in [-0.2, 0) is 11.8 Å². The number of ether oxygens (including phenoxy) is 1. The molecule has 2 aromatic carbocycles. The SMILES string of the molecule is CC(Oc1cccc(Cl)c1)C(=O)Nc1ccc(C(=O)c2nccn2C)cc1. The zero-order valence-electron chi connectivity index (χ0n) is 14.8. The fraction of sp³-hybridized carbons (Fsp3) is 0.150. The van der Waals surface area contributed by atoms with Crippen LogP contribution >= 0.6 is 11.6 Å². The van der Waals surface area contributed by atoms with Crippen molar-refractivity contribution < 1.29 is 14.3 Å². The Labute approximate surface area is 161 Å². The number of halogens is 1. The molecule has 0 aliphatic rings. The summed E-state index contributed by atoms with van der Waals surface area (Å²) in [5.41, 5.74) is 1.06. The lowest BCUT2D eigenvalue weighted by atomic mass is 10.1. The number of imidazole rings is 1. The monoisotopic (exact) mass is 383 g/mol. The van der Waals surface area contributed by atoms with Gasteiger partial charge in [-0.3, -0.25) is 9.59 Å². The van der Waals surface area contributed by atoms with Crippen molar-refractivity contribution in [3.8, 4) is 5.75 Å². The van der Waals surface area contributed by atoms with Crippen LogP contribution in [0.25, 0.3) is 0 Å². The number of anilines is 1. The first-order valence-electron chi connectivity index (χ1n) is 8.29. The van der Waals surface area contributed by atoms with Gasteiger partial charge in [-0.1, -0.05) is 17.7 Å². The van der Waals surface area contributed by atoms with Crippen LogP contribution in [0, 0.1) is 0 Å². The van der Waals surface area contributed by atoms with Crippen LogP contribution in [0.4, 0.5) is 5.69 Å². The fourth-order valence-corrected chi connectivity index (χ4v) is 2.64. The summed E-state index contributed by atoms with van der Waals surface area (Å²) in [6.45, 7) is 1.65. The fourth-order valence-electron chi connectivity index (χ4n) is 2.46. The topological polar surface area (TPSA) is 73.2 Å². The highest BCUT2D eigenvalue weighted by Gasteiger charge is 2.16. The van der Waals surface area contributed by atoms with Crippen LogP contribution in [0.2, 0.25) is 5.02 Å². The molecule has 7 heteroatoms. The quantitative estimate of drug-likeness (QED) is 0.658. The molecule has 0 fully saturated rings. The smallest absolute Gasteiger partial charge is 0.265 e. The van der Waals surface area contributed by atoms with Gasteiger partial charge in [0, 0.05) is 35.7 Å². The lowest BCUT2D eigenvalue weighted by Gasteiger charge is -2.15. The third kappa shape index (κ3) is 4.54.